The maximum Gasteiger partial charge on any atom is 0.331 e. The molecule has 1 aliphatic rings. The SMILES string of the molecule is CCOP(=O)(C[C@H](C)C1OC(n2cc(C)c(=O)[nH]c2=O)[C@H](OC)[C@@H]1OC(=O)CCC(=O)O)OCC. The Hall–Kier alpha value is -2.31. The third-order valence-electron chi connectivity index (χ3n) is 5.45. The van der Waals surface area contributed by atoms with Gasteiger partial charge in [0, 0.05) is 18.9 Å². The van der Waals surface area contributed by atoms with Crippen molar-refractivity contribution in [3.8, 4) is 0 Å². The van der Waals surface area contributed by atoms with Crippen molar-refractivity contribution in [1.29, 1.82) is 0 Å². The number of nitrogens with one attached hydrogen (secondary N) is 1. The Kier molecular flexibility index (Phi) is 10.4. The zero-order valence-electron chi connectivity index (χ0n) is 20.4. The number of carbonyl (C=O) groups is 2. The van der Waals surface area contributed by atoms with Crippen LogP contribution in [0.4, 0.5) is 0 Å². The molecule has 1 aliphatic heterocycles. The normalized spacial score (nSPS) is 23.2. The van der Waals surface area contributed by atoms with Crippen LogP contribution in [0.25, 0.3) is 0 Å². The van der Waals surface area contributed by atoms with E-state index in [1.165, 1.54) is 20.2 Å². The first kappa shape index (κ1) is 28.9. The molecule has 2 heterocycles. The first-order valence-corrected chi connectivity index (χ1v) is 13.0. The highest BCUT2D eigenvalue weighted by Gasteiger charge is 2.51. The maximum atomic E-state index is 13.1. The van der Waals surface area contributed by atoms with Gasteiger partial charge >= 0.3 is 25.2 Å². The highest BCUT2D eigenvalue weighted by atomic mass is 31.2. The predicted octanol–water partition coefficient (Wildman–Crippen LogP) is 1.44. The van der Waals surface area contributed by atoms with Crippen molar-refractivity contribution in [2.24, 2.45) is 5.92 Å². The van der Waals surface area contributed by atoms with E-state index in [0.717, 1.165) is 4.57 Å². The number of carboxylic acids is 1. The van der Waals surface area contributed by atoms with Crippen LogP contribution in [0.15, 0.2) is 15.8 Å². The van der Waals surface area contributed by atoms with Crippen LogP contribution in [0.5, 0.6) is 0 Å². The Morgan fingerprint density at radius 1 is 1.20 bits per heavy atom. The highest BCUT2D eigenvalue weighted by Crippen LogP contribution is 2.51. The van der Waals surface area contributed by atoms with Crippen LogP contribution in [-0.2, 0) is 37.4 Å². The summed E-state index contributed by atoms with van der Waals surface area (Å²) in [6, 6.07) is 0. The molecule has 0 saturated carbocycles. The van der Waals surface area contributed by atoms with E-state index in [2.05, 4.69) is 4.98 Å². The van der Waals surface area contributed by atoms with Crippen molar-refractivity contribution < 1.29 is 42.5 Å². The van der Waals surface area contributed by atoms with E-state index in [-0.39, 0.29) is 31.4 Å². The number of hydrogen-bond donors (Lipinski definition) is 2. The van der Waals surface area contributed by atoms with Crippen LogP contribution in [0.1, 0.15) is 45.4 Å². The summed E-state index contributed by atoms with van der Waals surface area (Å²) in [5.41, 5.74) is -1.08. The number of rotatable bonds is 13. The number of aromatic amines is 1. The number of aliphatic carboxylic acids is 1. The number of carboxylic acid groups (broad SMARTS) is 1. The Morgan fingerprint density at radius 3 is 2.37 bits per heavy atom. The Bertz CT molecular complexity index is 1040. The van der Waals surface area contributed by atoms with Crippen molar-refractivity contribution in [2.75, 3.05) is 26.5 Å². The number of aryl methyl sites for hydroxylation is 1. The van der Waals surface area contributed by atoms with Gasteiger partial charge in [0.2, 0.25) is 0 Å². The van der Waals surface area contributed by atoms with E-state index in [1.54, 1.807) is 20.8 Å². The van der Waals surface area contributed by atoms with E-state index in [1.807, 2.05) is 0 Å². The minimum absolute atomic E-state index is 0.0781. The number of H-pyrrole nitrogens is 1. The van der Waals surface area contributed by atoms with Crippen molar-refractivity contribution in [2.45, 2.75) is 65.1 Å². The second-order valence-electron chi connectivity index (χ2n) is 8.12. The van der Waals surface area contributed by atoms with Gasteiger partial charge in [0.1, 0.15) is 12.2 Å². The van der Waals surface area contributed by atoms with Crippen molar-refractivity contribution >= 4 is 19.5 Å². The standard InChI is InChI=1S/C21H33N2O11P/c1-6-31-35(29,32-7-2)11-13(4)16-17(33-15(26)9-8-14(24)25)18(30-5)20(34-16)23-10-12(3)19(27)22-21(23)28/h10,13,16-18,20H,6-9,11H2,1-5H3,(H,24,25)(H,22,27,28)/t13-,16?,17+,18+,20?/m0/s1. The van der Waals surface area contributed by atoms with Crippen molar-refractivity contribution in [3.63, 3.8) is 0 Å². The average Bonchev–Trinajstić information content (AvgIpc) is 3.12. The summed E-state index contributed by atoms with van der Waals surface area (Å²) in [5, 5.41) is 8.88. The van der Waals surface area contributed by atoms with Gasteiger partial charge in [0.05, 0.1) is 32.2 Å². The lowest BCUT2D eigenvalue weighted by atomic mass is 9.99. The summed E-state index contributed by atoms with van der Waals surface area (Å²) in [7, 11) is -2.18. The summed E-state index contributed by atoms with van der Waals surface area (Å²) in [6.45, 7) is 6.87. The molecule has 1 aromatic heterocycles. The van der Waals surface area contributed by atoms with Crippen LogP contribution in [-0.4, -0.2) is 71.4 Å². The molecule has 2 rings (SSSR count). The molecule has 0 aliphatic carbocycles. The fourth-order valence-electron chi connectivity index (χ4n) is 3.92. The van der Waals surface area contributed by atoms with Crippen LogP contribution >= 0.6 is 7.60 Å². The van der Waals surface area contributed by atoms with Crippen LogP contribution in [0.3, 0.4) is 0 Å². The molecule has 1 aromatic rings. The van der Waals surface area contributed by atoms with Crippen LogP contribution < -0.4 is 11.2 Å². The number of carbonyl (C=O) groups excluding carboxylic acids is 1. The molecule has 0 spiro atoms. The van der Waals surface area contributed by atoms with Crippen molar-refractivity contribution in [1.82, 2.24) is 9.55 Å². The molecular weight excluding hydrogens is 487 g/mol. The number of ether oxygens (including phenoxy) is 3. The molecule has 14 heteroatoms. The molecule has 2 N–H and O–H groups in total. The number of esters is 1. The zero-order valence-corrected chi connectivity index (χ0v) is 21.3. The van der Waals surface area contributed by atoms with Gasteiger partial charge in [-0.1, -0.05) is 6.92 Å². The Morgan fingerprint density at radius 2 is 1.83 bits per heavy atom. The molecule has 5 atom stereocenters. The molecule has 198 valence electrons. The van der Waals surface area contributed by atoms with Gasteiger partial charge in [-0.2, -0.15) is 0 Å². The maximum absolute atomic E-state index is 13.1. The quantitative estimate of drug-likeness (QED) is 0.285. The molecule has 0 bridgehead atoms. The van der Waals surface area contributed by atoms with E-state index < -0.39 is 67.7 Å². The molecule has 0 amide bonds. The second-order valence-corrected chi connectivity index (χ2v) is 10.2. The third-order valence-corrected chi connectivity index (χ3v) is 7.78. The minimum Gasteiger partial charge on any atom is -0.481 e. The van der Waals surface area contributed by atoms with Gasteiger partial charge in [0.15, 0.2) is 12.3 Å². The lowest BCUT2D eigenvalue weighted by Gasteiger charge is -2.28. The molecule has 2 unspecified atom stereocenters. The second kappa shape index (κ2) is 12.6. The zero-order chi connectivity index (χ0) is 26.3. The summed E-state index contributed by atoms with van der Waals surface area (Å²) >= 11 is 0. The average molecular weight is 520 g/mol. The monoisotopic (exact) mass is 520 g/mol. The minimum atomic E-state index is -3.51. The first-order chi connectivity index (χ1) is 16.5. The summed E-state index contributed by atoms with van der Waals surface area (Å²) in [5.74, 6) is -2.54. The van der Waals surface area contributed by atoms with E-state index in [4.69, 9.17) is 28.4 Å². The van der Waals surface area contributed by atoms with Gasteiger partial charge < -0.3 is 28.4 Å². The smallest absolute Gasteiger partial charge is 0.331 e. The molecule has 1 fully saturated rings. The van der Waals surface area contributed by atoms with Gasteiger partial charge in [-0.3, -0.25) is 28.5 Å². The fourth-order valence-corrected chi connectivity index (χ4v) is 5.90. The third kappa shape index (κ3) is 7.34. The largest absolute Gasteiger partial charge is 0.481 e. The predicted molar refractivity (Wildman–Crippen MR) is 122 cm³/mol. The Labute approximate surface area is 202 Å². The number of aromatic nitrogens is 2. The topological polar surface area (TPSA) is 172 Å². The van der Waals surface area contributed by atoms with Gasteiger partial charge in [-0.25, -0.2) is 4.79 Å². The van der Waals surface area contributed by atoms with Gasteiger partial charge in [-0.15, -0.1) is 0 Å². The summed E-state index contributed by atoms with van der Waals surface area (Å²) in [6.07, 6.45) is -3.71. The molecule has 0 radical (unpaired) electrons. The van der Waals surface area contributed by atoms with E-state index in [0.29, 0.717) is 0 Å². The number of nitrogens with zero attached hydrogens (tertiary/aromatic N) is 1. The van der Waals surface area contributed by atoms with E-state index >= 15 is 0 Å². The summed E-state index contributed by atoms with van der Waals surface area (Å²) < 4.78 is 42.2. The highest BCUT2D eigenvalue weighted by molar-refractivity contribution is 7.53. The first-order valence-electron chi connectivity index (χ1n) is 11.3. The summed E-state index contributed by atoms with van der Waals surface area (Å²) in [4.78, 5) is 49.8. The fraction of sp³-hybridized carbons (Fsp3) is 0.714. The number of methoxy groups -OCH3 is 1. The van der Waals surface area contributed by atoms with Gasteiger partial charge in [0.25, 0.3) is 5.56 Å². The van der Waals surface area contributed by atoms with Gasteiger partial charge in [-0.05, 0) is 26.7 Å². The lowest BCUT2D eigenvalue weighted by molar-refractivity contribution is -0.159. The lowest BCUT2D eigenvalue weighted by Crippen LogP contribution is -2.42. The molecule has 1 saturated heterocycles. The van der Waals surface area contributed by atoms with Crippen LogP contribution in [0.2, 0.25) is 0 Å². The Balaban J connectivity index is 2.43. The van der Waals surface area contributed by atoms with E-state index in [9.17, 15) is 23.7 Å². The molecule has 13 nitrogen and oxygen atoms in total. The van der Waals surface area contributed by atoms with Crippen molar-refractivity contribution in [3.05, 3.63) is 32.6 Å². The van der Waals surface area contributed by atoms with Crippen LogP contribution in [0, 0.1) is 12.8 Å². The molecule has 0 aromatic carbocycles. The number of hydrogen-bond acceptors (Lipinski definition) is 10. The molecule has 35 heavy (non-hydrogen) atoms. The molecular formula is C21H33N2O11P.